The Morgan fingerprint density at radius 3 is 0.257 bits per heavy atom. The topological polar surface area (TPSA) is 13.0 Å². The fraction of sp³-hybridized carbons (Fsp3) is 0.960. The molecular formula is C100H200MoN4S8. The van der Waals surface area contributed by atoms with Gasteiger partial charge in [-0.15, -0.1) is 0 Å². The van der Waals surface area contributed by atoms with Gasteiger partial charge in [0, 0.05) is 52.4 Å². The molecule has 0 amide bonds. The Balaban J connectivity index is -0.000000457. The quantitative estimate of drug-likeness (QED) is 0.0249. The van der Waals surface area contributed by atoms with Gasteiger partial charge in [0.1, 0.15) is 0 Å². The van der Waals surface area contributed by atoms with Crippen LogP contribution in [0.4, 0.5) is 0 Å². The number of nitrogens with zero attached hydrogens (tertiary/aromatic N) is 4. The second-order valence-electron chi connectivity index (χ2n) is 34.5. The number of rotatable bonds is 88. The van der Waals surface area contributed by atoms with E-state index in [0.29, 0.717) is 17.3 Å². The van der Waals surface area contributed by atoms with Crippen LogP contribution in [0.1, 0.15) is 569 Å². The van der Waals surface area contributed by atoms with Gasteiger partial charge in [-0.2, -0.15) is 0 Å². The van der Waals surface area contributed by atoms with E-state index < -0.39 is 0 Å². The Morgan fingerprint density at radius 2 is 0.195 bits per heavy atom. The first kappa shape index (κ1) is 123. The summed E-state index contributed by atoms with van der Waals surface area (Å²) in [5.74, 6) is 0. The van der Waals surface area contributed by atoms with Crippen LogP contribution in [-0.2, 0) is 71.6 Å². The number of unbranched alkanes of at least 4 members (excludes halogenated alkanes) is 72. The molecule has 0 rings (SSSR count). The van der Waals surface area contributed by atoms with Crippen molar-refractivity contribution in [2.24, 2.45) is 0 Å². The normalized spacial score (nSPS) is 11.0. The van der Waals surface area contributed by atoms with Gasteiger partial charge in [-0.3, -0.25) is 0 Å². The van der Waals surface area contributed by atoms with Crippen molar-refractivity contribution in [1.29, 1.82) is 0 Å². The minimum absolute atomic E-state index is 0. The number of hydrogen-bond acceptors (Lipinski definition) is 8. The Bertz CT molecular complexity index is 1440. The number of thiocarbonyl (C=S) groups is 4. The van der Waals surface area contributed by atoms with Crippen molar-refractivity contribution < 1.29 is 21.1 Å². The second-order valence-corrected chi connectivity index (χ2v) is 38.6. The third-order valence-electron chi connectivity index (χ3n) is 23.3. The van der Waals surface area contributed by atoms with E-state index in [0.717, 1.165) is 52.4 Å². The molecule has 0 aliphatic rings. The van der Waals surface area contributed by atoms with Crippen LogP contribution in [0.5, 0.6) is 0 Å². The molecule has 0 unspecified atom stereocenters. The molecule has 0 heterocycles. The predicted molar refractivity (Wildman–Crippen MR) is 541 cm³/mol. The number of hydrogen-bond donors (Lipinski definition) is 0. The molecule has 0 saturated carbocycles. The van der Waals surface area contributed by atoms with E-state index in [1.807, 2.05) is 0 Å². The molecule has 0 saturated heterocycles. The standard InChI is InChI=1S/4C25H51NS2.Mo/c4*1-3-5-7-9-11-13-15-17-19-21-23-26(25(27)28)24-22-20-18-16-14-12-10-8-6-4-2;/h4*3-24H2,1-2H3,(H,27,28);/q;;;;+4/p-4. The maximum Gasteiger partial charge on any atom is 4.00 e. The van der Waals surface area contributed by atoms with Gasteiger partial charge >= 0.3 is 21.1 Å². The fourth-order valence-electron chi connectivity index (χ4n) is 15.5. The summed E-state index contributed by atoms with van der Waals surface area (Å²) >= 11 is 42.4. The maximum absolute atomic E-state index is 5.30. The Hall–Kier alpha value is 1.13. The van der Waals surface area contributed by atoms with Crippen molar-refractivity contribution >= 4 is 117 Å². The smallest absolute Gasteiger partial charge is 0.411 e. The van der Waals surface area contributed by atoms with Gasteiger partial charge in [0.2, 0.25) is 0 Å². The molecule has 0 aromatic carbocycles. The molecule has 0 aliphatic carbocycles. The monoisotopic (exact) mass is 1810 g/mol. The molecule has 0 aromatic rings. The zero-order chi connectivity index (χ0) is 82.8. The molecule has 4 nitrogen and oxygen atoms in total. The van der Waals surface area contributed by atoms with Crippen LogP contribution in [0.3, 0.4) is 0 Å². The van der Waals surface area contributed by atoms with Gasteiger partial charge in [0.25, 0.3) is 0 Å². The average Bonchev–Trinajstić information content (AvgIpc) is 0.990. The van der Waals surface area contributed by atoms with Gasteiger partial charge < -0.3 is 119 Å². The summed E-state index contributed by atoms with van der Waals surface area (Å²) < 4.78 is 2.75. The van der Waals surface area contributed by atoms with Crippen LogP contribution in [0, 0.1) is 0 Å². The van der Waals surface area contributed by atoms with E-state index in [4.69, 9.17) is 99.4 Å². The van der Waals surface area contributed by atoms with Crippen molar-refractivity contribution in [2.75, 3.05) is 52.4 Å². The van der Waals surface area contributed by atoms with Crippen molar-refractivity contribution in [1.82, 2.24) is 19.6 Å². The molecule has 0 atom stereocenters. The summed E-state index contributed by atoms with van der Waals surface area (Å²) in [6, 6.07) is 0. The fourth-order valence-corrected chi connectivity index (χ4v) is 17.0. The van der Waals surface area contributed by atoms with E-state index >= 15 is 0 Å². The third kappa shape index (κ3) is 109. The minimum atomic E-state index is 0. The van der Waals surface area contributed by atoms with Gasteiger partial charge in [-0.25, -0.2) is 0 Å². The first-order chi connectivity index (χ1) is 54.9. The SMILES string of the molecule is CCCCCCCCCCCCN(CCCCCCCCCCCC)C(=S)[S-].CCCCCCCCCCCCN(CCCCCCCCCCCC)C(=S)[S-].CCCCCCCCCCCCN(CCCCCCCCCCCC)C(=S)[S-].CCCCCCCCCCCCN(CCCCCCCCCCCC)C(=S)[S-].[Mo+4]. The van der Waals surface area contributed by atoms with Crippen LogP contribution in [0.15, 0.2) is 0 Å². The van der Waals surface area contributed by atoms with Crippen molar-refractivity contribution in [3.05, 3.63) is 0 Å². The molecule has 0 N–H and O–H groups in total. The van der Waals surface area contributed by atoms with Crippen molar-refractivity contribution in [3.8, 4) is 0 Å². The summed E-state index contributed by atoms with van der Waals surface area (Å²) in [4.78, 5) is 9.11. The Kier molecular flexibility index (Phi) is 121. The van der Waals surface area contributed by atoms with E-state index in [9.17, 15) is 0 Å². The summed E-state index contributed by atoms with van der Waals surface area (Å²) in [5.41, 5.74) is 0. The molecule has 0 bridgehead atoms. The van der Waals surface area contributed by atoms with Gasteiger partial charge in [0.15, 0.2) is 0 Å². The van der Waals surface area contributed by atoms with Gasteiger partial charge in [0.05, 0.1) is 0 Å². The second kappa shape index (κ2) is 111. The van der Waals surface area contributed by atoms with Gasteiger partial charge in [-0.05, 0) is 51.4 Å². The zero-order valence-corrected chi connectivity index (χ0v) is 86.2. The first-order valence-electron chi connectivity index (χ1n) is 50.7. The minimum Gasteiger partial charge on any atom is -0.411 e. The predicted octanol–water partition coefficient (Wildman–Crippen LogP) is 35.8. The summed E-state index contributed by atoms with van der Waals surface area (Å²) in [6.07, 6.45) is 111. The zero-order valence-electron chi connectivity index (χ0n) is 77.7. The molecule has 0 aliphatic heterocycles. The average molecular weight is 1810 g/mol. The van der Waals surface area contributed by atoms with Crippen LogP contribution in [-0.4, -0.2) is 89.2 Å². The van der Waals surface area contributed by atoms with Crippen LogP contribution in [0.25, 0.3) is 0 Å². The van der Waals surface area contributed by atoms with E-state index in [-0.39, 0.29) is 21.1 Å². The first-order valence-corrected chi connectivity index (χ1v) is 54.0. The molecule has 113 heavy (non-hydrogen) atoms. The third-order valence-corrected chi connectivity index (χ3v) is 25.4. The largest absolute Gasteiger partial charge is 4.00 e. The molecule has 0 spiro atoms. The summed E-state index contributed by atoms with van der Waals surface area (Å²) in [5, 5.41) is 0. The van der Waals surface area contributed by atoms with E-state index in [1.165, 1.54) is 514 Å². The van der Waals surface area contributed by atoms with Crippen molar-refractivity contribution in [2.45, 2.75) is 569 Å². The summed E-state index contributed by atoms with van der Waals surface area (Å²) in [7, 11) is 0. The Morgan fingerprint density at radius 1 is 0.133 bits per heavy atom. The summed E-state index contributed by atoms with van der Waals surface area (Å²) in [6.45, 7) is 26.9. The Labute approximate surface area is 771 Å². The molecule has 0 aromatic heterocycles. The molecule has 13 heteroatoms. The molecule has 0 radical (unpaired) electrons. The molecule has 674 valence electrons. The molecular weight excluding hydrogens is 1610 g/mol. The van der Waals surface area contributed by atoms with Crippen molar-refractivity contribution in [3.63, 3.8) is 0 Å². The van der Waals surface area contributed by atoms with Crippen LogP contribution >= 0.6 is 48.9 Å². The van der Waals surface area contributed by atoms with Crippen LogP contribution in [0.2, 0.25) is 0 Å². The maximum atomic E-state index is 5.30. The van der Waals surface area contributed by atoms with E-state index in [1.54, 1.807) is 0 Å². The molecule has 0 fully saturated rings. The van der Waals surface area contributed by atoms with E-state index in [2.05, 4.69) is 75.0 Å². The van der Waals surface area contributed by atoms with Crippen LogP contribution < -0.4 is 0 Å². The van der Waals surface area contributed by atoms with Gasteiger partial charge in [-0.1, -0.05) is 535 Å².